The summed E-state index contributed by atoms with van der Waals surface area (Å²) in [7, 11) is 1.66. The largest absolute Gasteiger partial charge is 0.497 e. The zero-order chi connectivity index (χ0) is 14.1. The highest BCUT2D eigenvalue weighted by molar-refractivity contribution is 5.81. The number of ether oxygens (including phenoxy) is 1. The molecule has 1 aliphatic carbocycles. The quantitative estimate of drug-likeness (QED) is 0.916. The third-order valence-corrected chi connectivity index (χ3v) is 4.72. The first kappa shape index (κ1) is 13.4. The highest BCUT2D eigenvalue weighted by Gasteiger charge is 2.39. The summed E-state index contributed by atoms with van der Waals surface area (Å²) in [6, 6.07) is 8.29. The van der Waals surface area contributed by atoms with Crippen molar-refractivity contribution in [3.8, 4) is 5.75 Å². The van der Waals surface area contributed by atoms with E-state index in [0.29, 0.717) is 18.5 Å². The van der Waals surface area contributed by atoms with Crippen LogP contribution in [0.15, 0.2) is 24.3 Å². The van der Waals surface area contributed by atoms with Crippen LogP contribution >= 0.6 is 0 Å². The summed E-state index contributed by atoms with van der Waals surface area (Å²) in [5, 5.41) is 3.33. The number of hydrogen-bond acceptors (Lipinski definition) is 3. The van der Waals surface area contributed by atoms with Gasteiger partial charge in [0.2, 0.25) is 5.91 Å². The first-order chi connectivity index (χ1) is 9.70. The molecule has 1 saturated carbocycles. The first-order valence-electron chi connectivity index (χ1n) is 7.39. The summed E-state index contributed by atoms with van der Waals surface area (Å²) in [6.07, 6.45) is 3.81. The van der Waals surface area contributed by atoms with Crippen LogP contribution in [-0.4, -0.2) is 30.5 Å². The van der Waals surface area contributed by atoms with E-state index in [2.05, 4.69) is 12.2 Å². The number of nitrogens with zero attached hydrogens (tertiary/aromatic N) is 1. The van der Waals surface area contributed by atoms with Gasteiger partial charge in [-0.15, -0.1) is 0 Å². The topological polar surface area (TPSA) is 41.6 Å². The Morgan fingerprint density at radius 2 is 2.00 bits per heavy atom. The second kappa shape index (κ2) is 5.44. The number of benzene rings is 1. The summed E-state index contributed by atoms with van der Waals surface area (Å²) < 4.78 is 5.19. The van der Waals surface area contributed by atoms with Crippen molar-refractivity contribution in [3.05, 3.63) is 29.8 Å². The van der Waals surface area contributed by atoms with E-state index in [4.69, 9.17) is 4.74 Å². The van der Waals surface area contributed by atoms with Crippen LogP contribution in [-0.2, 0) is 4.79 Å². The molecule has 3 rings (SSSR count). The molecule has 1 amide bonds. The molecule has 20 heavy (non-hydrogen) atoms. The third kappa shape index (κ3) is 2.29. The fourth-order valence-electron chi connectivity index (χ4n) is 3.19. The zero-order valence-electron chi connectivity index (χ0n) is 12.1. The van der Waals surface area contributed by atoms with Crippen LogP contribution in [0.1, 0.15) is 37.9 Å². The summed E-state index contributed by atoms with van der Waals surface area (Å²) in [5.41, 5.74) is 1.13. The van der Waals surface area contributed by atoms with Gasteiger partial charge in [0.25, 0.3) is 0 Å². The average molecular weight is 274 g/mol. The molecule has 1 N–H and O–H groups in total. The number of carbonyl (C=O) groups is 1. The molecule has 2 fully saturated rings. The fourth-order valence-corrected chi connectivity index (χ4v) is 3.19. The van der Waals surface area contributed by atoms with Crippen LogP contribution < -0.4 is 10.1 Å². The number of carbonyl (C=O) groups excluding carboxylic acids is 1. The molecule has 1 heterocycles. The highest BCUT2D eigenvalue weighted by atomic mass is 16.5. The van der Waals surface area contributed by atoms with Gasteiger partial charge < -0.3 is 9.64 Å². The van der Waals surface area contributed by atoms with Gasteiger partial charge in [-0.3, -0.25) is 10.1 Å². The van der Waals surface area contributed by atoms with Gasteiger partial charge in [0.1, 0.15) is 11.9 Å². The maximum atomic E-state index is 12.2. The van der Waals surface area contributed by atoms with Crippen molar-refractivity contribution in [3.63, 3.8) is 0 Å². The van der Waals surface area contributed by atoms with Crippen molar-refractivity contribution in [2.75, 3.05) is 13.7 Å². The lowest BCUT2D eigenvalue weighted by Gasteiger charge is -2.39. The lowest BCUT2D eigenvalue weighted by Crippen LogP contribution is -2.44. The molecule has 1 aliphatic heterocycles. The van der Waals surface area contributed by atoms with Gasteiger partial charge in [0.15, 0.2) is 0 Å². The minimum Gasteiger partial charge on any atom is -0.497 e. The minimum absolute atomic E-state index is 0.00371. The molecule has 0 spiro atoms. The van der Waals surface area contributed by atoms with E-state index in [1.54, 1.807) is 7.11 Å². The van der Waals surface area contributed by atoms with Crippen LogP contribution in [0.5, 0.6) is 5.75 Å². The fraction of sp³-hybridized carbons (Fsp3) is 0.562. The van der Waals surface area contributed by atoms with Gasteiger partial charge in [0, 0.05) is 6.04 Å². The molecule has 0 bridgehead atoms. The van der Waals surface area contributed by atoms with Crippen molar-refractivity contribution in [1.29, 1.82) is 0 Å². The molecule has 2 unspecified atom stereocenters. The van der Waals surface area contributed by atoms with Gasteiger partial charge in [-0.25, -0.2) is 0 Å². The Morgan fingerprint density at radius 3 is 2.55 bits per heavy atom. The van der Waals surface area contributed by atoms with Crippen molar-refractivity contribution in [2.45, 2.75) is 38.4 Å². The number of rotatable bonds is 4. The first-order valence-corrected chi connectivity index (χ1v) is 7.39. The lowest BCUT2D eigenvalue weighted by atomic mass is 9.79. The third-order valence-electron chi connectivity index (χ3n) is 4.72. The summed E-state index contributed by atoms with van der Waals surface area (Å²) >= 11 is 0. The predicted molar refractivity (Wildman–Crippen MR) is 77.4 cm³/mol. The number of methoxy groups -OCH3 is 1. The molecule has 1 aromatic rings. The van der Waals surface area contributed by atoms with Gasteiger partial charge in [0.05, 0.1) is 13.7 Å². The van der Waals surface area contributed by atoms with Crippen molar-refractivity contribution < 1.29 is 9.53 Å². The van der Waals surface area contributed by atoms with Crippen LogP contribution in [0.3, 0.4) is 0 Å². The Bertz CT molecular complexity index is 482. The lowest BCUT2D eigenvalue weighted by molar-refractivity contribution is -0.131. The van der Waals surface area contributed by atoms with E-state index in [9.17, 15) is 4.79 Å². The van der Waals surface area contributed by atoms with E-state index in [-0.39, 0.29) is 12.1 Å². The predicted octanol–water partition coefficient (Wildman–Crippen LogP) is 2.31. The zero-order valence-corrected chi connectivity index (χ0v) is 12.1. The van der Waals surface area contributed by atoms with Crippen LogP contribution in [0, 0.1) is 5.92 Å². The maximum absolute atomic E-state index is 12.2. The number of hydrogen-bond donors (Lipinski definition) is 1. The standard InChI is InChI=1S/C16H22N2O2/c1-11(12-4-3-5-12)18-15(19)10-17-16(18)13-6-8-14(20-2)9-7-13/h6-9,11-12,16-17H,3-5,10H2,1-2H3. The van der Waals surface area contributed by atoms with E-state index in [1.165, 1.54) is 19.3 Å². The average Bonchev–Trinajstić information content (AvgIpc) is 2.78. The second-order valence-corrected chi connectivity index (χ2v) is 5.79. The van der Waals surface area contributed by atoms with E-state index in [0.717, 1.165) is 11.3 Å². The Morgan fingerprint density at radius 1 is 1.30 bits per heavy atom. The van der Waals surface area contributed by atoms with E-state index in [1.807, 2.05) is 29.2 Å². The normalized spacial score (nSPS) is 24.6. The molecule has 0 radical (unpaired) electrons. The molecule has 1 aromatic carbocycles. The Balaban J connectivity index is 1.80. The Kier molecular flexibility index (Phi) is 3.66. The van der Waals surface area contributed by atoms with E-state index >= 15 is 0 Å². The summed E-state index contributed by atoms with van der Waals surface area (Å²) in [5.74, 6) is 1.72. The molecular weight excluding hydrogens is 252 g/mol. The number of nitrogens with one attached hydrogen (secondary N) is 1. The second-order valence-electron chi connectivity index (χ2n) is 5.79. The summed E-state index contributed by atoms with van der Waals surface area (Å²) in [6.45, 7) is 2.62. The van der Waals surface area contributed by atoms with Gasteiger partial charge in [-0.2, -0.15) is 0 Å². The number of amides is 1. The van der Waals surface area contributed by atoms with Crippen molar-refractivity contribution in [2.24, 2.45) is 5.92 Å². The molecule has 2 atom stereocenters. The Labute approximate surface area is 120 Å². The molecule has 2 aliphatic rings. The van der Waals surface area contributed by atoms with Gasteiger partial charge in [-0.05, 0) is 43.4 Å². The molecule has 4 nitrogen and oxygen atoms in total. The highest BCUT2D eigenvalue weighted by Crippen LogP contribution is 2.36. The monoisotopic (exact) mass is 274 g/mol. The van der Waals surface area contributed by atoms with Crippen molar-refractivity contribution >= 4 is 5.91 Å². The van der Waals surface area contributed by atoms with Crippen LogP contribution in [0.4, 0.5) is 0 Å². The maximum Gasteiger partial charge on any atom is 0.238 e. The van der Waals surface area contributed by atoms with Gasteiger partial charge in [-0.1, -0.05) is 18.6 Å². The molecule has 0 aromatic heterocycles. The SMILES string of the molecule is COc1ccc(C2NCC(=O)N2C(C)C2CCC2)cc1. The molecular formula is C16H22N2O2. The smallest absolute Gasteiger partial charge is 0.238 e. The van der Waals surface area contributed by atoms with Crippen LogP contribution in [0.2, 0.25) is 0 Å². The minimum atomic E-state index is 0.00371. The molecule has 1 saturated heterocycles. The molecule has 4 heteroatoms. The summed E-state index contributed by atoms with van der Waals surface area (Å²) in [4.78, 5) is 14.2. The molecule has 108 valence electrons. The Hall–Kier alpha value is -1.55. The van der Waals surface area contributed by atoms with Crippen molar-refractivity contribution in [1.82, 2.24) is 10.2 Å². The van der Waals surface area contributed by atoms with E-state index < -0.39 is 0 Å². The van der Waals surface area contributed by atoms with Gasteiger partial charge >= 0.3 is 0 Å². The van der Waals surface area contributed by atoms with Crippen LogP contribution in [0.25, 0.3) is 0 Å².